The molecular weight excluding hydrogens is 344 g/mol. The summed E-state index contributed by atoms with van der Waals surface area (Å²) in [5.74, 6) is -1.33. The van der Waals surface area contributed by atoms with Crippen LogP contribution in [0.4, 0.5) is 14.5 Å². The molecule has 4 rings (SSSR count). The fourth-order valence-electron chi connectivity index (χ4n) is 3.34. The lowest BCUT2D eigenvalue weighted by molar-refractivity contribution is -0.384. The molecule has 1 amide bonds. The maximum Gasteiger partial charge on any atom is 0.271 e. The monoisotopic (exact) mass is 357 g/mol. The van der Waals surface area contributed by atoms with Crippen molar-refractivity contribution in [2.45, 2.75) is 13.0 Å². The van der Waals surface area contributed by atoms with Crippen LogP contribution >= 0.6 is 0 Å². The minimum Gasteiger partial charge on any atom is -0.360 e. The Hall–Kier alpha value is -3.29. The summed E-state index contributed by atoms with van der Waals surface area (Å²) in [4.78, 5) is 27.5. The maximum absolute atomic E-state index is 14.0. The van der Waals surface area contributed by atoms with E-state index in [0.29, 0.717) is 22.0 Å². The van der Waals surface area contributed by atoms with E-state index < -0.39 is 16.6 Å². The quantitative estimate of drug-likeness (QED) is 0.563. The number of non-ortho nitro benzene ring substituents is 1. The molecule has 0 atom stereocenters. The highest BCUT2D eigenvalue weighted by molar-refractivity contribution is 6.07. The number of nitro benzene ring substituents is 1. The van der Waals surface area contributed by atoms with Crippen LogP contribution in [0.15, 0.2) is 36.5 Å². The summed E-state index contributed by atoms with van der Waals surface area (Å²) in [6, 6.07) is 6.35. The van der Waals surface area contributed by atoms with Crippen LogP contribution in [0, 0.1) is 21.7 Å². The molecule has 26 heavy (non-hydrogen) atoms. The zero-order valence-corrected chi connectivity index (χ0v) is 13.5. The van der Waals surface area contributed by atoms with Crippen LogP contribution < -0.4 is 0 Å². The molecule has 1 N–H and O–H groups in total. The number of carbonyl (C=O) groups is 1. The van der Waals surface area contributed by atoms with Gasteiger partial charge in [0, 0.05) is 42.4 Å². The van der Waals surface area contributed by atoms with Crippen LogP contribution in [-0.4, -0.2) is 27.3 Å². The van der Waals surface area contributed by atoms with Crippen LogP contribution in [0.25, 0.3) is 10.9 Å². The minimum atomic E-state index is -0.534. The lowest BCUT2D eigenvalue weighted by Crippen LogP contribution is -2.36. The van der Waals surface area contributed by atoms with Gasteiger partial charge in [0.15, 0.2) is 0 Å². The van der Waals surface area contributed by atoms with Crippen molar-refractivity contribution in [1.29, 1.82) is 0 Å². The van der Waals surface area contributed by atoms with Crippen LogP contribution in [0.3, 0.4) is 0 Å². The number of rotatable bonds is 2. The Morgan fingerprint density at radius 2 is 1.88 bits per heavy atom. The number of nitrogens with one attached hydrogen (secondary N) is 1. The first-order valence-corrected chi connectivity index (χ1v) is 7.96. The molecule has 8 heteroatoms. The smallest absolute Gasteiger partial charge is 0.271 e. The van der Waals surface area contributed by atoms with E-state index >= 15 is 0 Å². The van der Waals surface area contributed by atoms with E-state index in [0.717, 1.165) is 12.1 Å². The highest BCUT2D eigenvalue weighted by Gasteiger charge is 2.27. The van der Waals surface area contributed by atoms with E-state index in [4.69, 9.17) is 0 Å². The van der Waals surface area contributed by atoms with Gasteiger partial charge in [0.2, 0.25) is 0 Å². The SMILES string of the molecule is O=C(c1c[nH]c2cc([N+](=O)[O-])ccc12)N1CCc2c(F)ccc(F)c2C1. The van der Waals surface area contributed by atoms with Crippen LogP contribution in [-0.2, 0) is 13.0 Å². The van der Waals surface area contributed by atoms with Crippen molar-refractivity contribution in [3.05, 3.63) is 75.0 Å². The molecular formula is C18H13F2N3O3. The summed E-state index contributed by atoms with van der Waals surface area (Å²) >= 11 is 0. The Morgan fingerprint density at radius 3 is 2.62 bits per heavy atom. The van der Waals surface area contributed by atoms with Crippen molar-refractivity contribution in [2.75, 3.05) is 6.54 Å². The van der Waals surface area contributed by atoms with Crippen molar-refractivity contribution in [3.63, 3.8) is 0 Å². The second-order valence-electron chi connectivity index (χ2n) is 6.15. The Balaban J connectivity index is 1.67. The number of nitrogens with zero attached hydrogens (tertiary/aromatic N) is 2. The number of fused-ring (bicyclic) bond motifs is 2. The van der Waals surface area contributed by atoms with E-state index in [2.05, 4.69) is 4.98 Å². The number of H-pyrrole nitrogens is 1. The average Bonchev–Trinajstić information content (AvgIpc) is 3.07. The summed E-state index contributed by atoms with van der Waals surface area (Å²) in [7, 11) is 0. The molecule has 0 bridgehead atoms. The van der Waals surface area contributed by atoms with Gasteiger partial charge in [-0.3, -0.25) is 14.9 Å². The third kappa shape index (κ3) is 2.50. The molecule has 6 nitrogen and oxygen atoms in total. The molecule has 0 fully saturated rings. The van der Waals surface area contributed by atoms with Gasteiger partial charge in [-0.2, -0.15) is 0 Å². The largest absolute Gasteiger partial charge is 0.360 e. The second kappa shape index (κ2) is 5.91. The number of hydrogen-bond donors (Lipinski definition) is 1. The molecule has 2 heterocycles. The molecule has 1 aliphatic rings. The number of aromatic nitrogens is 1. The van der Waals surface area contributed by atoms with Gasteiger partial charge in [-0.25, -0.2) is 8.78 Å². The molecule has 2 aromatic carbocycles. The maximum atomic E-state index is 14.0. The summed E-state index contributed by atoms with van der Waals surface area (Å²) in [5.41, 5.74) is 1.24. The van der Waals surface area contributed by atoms with Crippen molar-refractivity contribution >= 4 is 22.5 Å². The lowest BCUT2D eigenvalue weighted by atomic mass is 9.98. The molecule has 0 saturated carbocycles. The predicted octanol–water partition coefficient (Wildman–Crippen LogP) is 3.55. The van der Waals surface area contributed by atoms with Gasteiger partial charge >= 0.3 is 0 Å². The van der Waals surface area contributed by atoms with E-state index in [1.165, 1.54) is 29.3 Å². The van der Waals surface area contributed by atoms with Crippen molar-refractivity contribution in [3.8, 4) is 0 Å². The van der Waals surface area contributed by atoms with E-state index in [-0.39, 0.29) is 36.7 Å². The first kappa shape index (κ1) is 16.2. The van der Waals surface area contributed by atoms with Gasteiger partial charge in [0.05, 0.1) is 16.0 Å². The van der Waals surface area contributed by atoms with E-state index in [1.807, 2.05) is 0 Å². The van der Waals surface area contributed by atoms with Crippen LogP contribution in [0.5, 0.6) is 0 Å². The first-order valence-electron chi connectivity index (χ1n) is 7.96. The van der Waals surface area contributed by atoms with Gasteiger partial charge in [0.1, 0.15) is 11.6 Å². The van der Waals surface area contributed by atoms with Gasteiger partial charge in [-0.05, 0) is 30.2 Å². The number of amides is 1. The summed E-state index contributed by atoms with van der Waals surface area (Å²) in [6.45, 7) is 0.253. The number of halogens is 2. The van der Waals surface area contributed by atoms with Crippen molar-refractivity contribution in [1.82, 2.24) is 9.88 Å². The summed E-state index contributed by atoms with van der Waals surface area (Å²) < 4.78 is 27.9. The highest BCUT2D eigenvalue weighted by atomic mass is 19.1. The molecule has 1 aromatic heterocycles. The third-order valence-corrected chi connectivity index (χ3v) is 4.69. The number of hydrogen-bond acceptors (Lipinski definition) is 3. The van der Waals surface area contributed by atoms with E-state index in [9.17, 15) is 23.7 Å². The summed E-state index contributed by atoms with van der Waals surface area (Å²) in [5, 5.41) is 11.4. The minimum absolute atomic E-state index is 0.0165. The topological polar surface area (TPSA) is 79.2 Å². The zero-order chi connectivity index (χ0) is 18.4. The first-order chi connectivity index (χ1) is 12.5. The predicted molar refractivity (Wildman–Crippen MR) is 89.8 cm³/mol. The fourth-order valence-corrected chi connectivity index (χ4v) is 3.34. The van der Waals surface area contributed by atoms with Crippen LogP contribution in [0.2, 0.25) is 0 Å². The molecule has 1 aliphatic heterocycles. The Kier molecular flexibility index (Phi) is 3.68. The molecule has 0 saturated heterocycles. The lowest BCUT2D eigenvalue weighted by Gasteiger charge is -2.29. The summed E-state index contributed by atoms with van der Waals surface area (Å²) in [6.07, 6.45) is 1.71. The highest BCUT2D eigenvalue weighted by Crippen LogP contribution is 2.28. The zero-order valence-electron chi connectivity index (χ0n) is 13.5. The number of benzene rings is 2. The van der Waals surface area contributed by atoms with Crippen molar-refractivity contribution < 1.29 is 18.5 Å². The standard InChI is InChI=1S/C18H13F2N3O3/c19-15-3-4-16(20)14-9-22(6-5-11(14)15)18(24)13-8-21-17-7-10(23(25)26)1-2-12(13)17/h1-4,7-8,21H,5-6,9H2. The third-order valence-electron chi connectivity index (χ3n) is 4.69. The van der Waals surface area contributed by atoms with Crippen LogP contribution in [0.1, 0.15) is 21.5 Å². The van der Waals surface area contributed by atoms with Gasteiger partial charge in [-0.15, -0.1) is 0 Å². The molecule has 0 spiro atoms. The van der Waals surface area contributed by atoms with Crippen molar-refractivity contribution in [2.24, 2.45) is 0 Å². The average molecular weight is 357 g/mol. The molecule has 0 unspecified atom stereocenters. The molecule has 0 radical (unpaired) electrons. The van der Waals surface area contributed by atoms with Gasteiger partial charge in [0.25, 0.3) is 11.6 Å². The molecule has 132 valence electrons. The van der Waals surface area contributed by atoms with E-state index in [1.54, 1.807) is 0 Å². The van der Waals surface area contributed by atoms with Gasteiger partial charge in [-0.1, -0.05) is 0 Å². The van der Waals surface area contributed by atoms with Gasteiger partial charge < -0.3 is 9.88 Å². The Bertz CT molecular complexity index is 1060. The second-order valence-corrected chi connectivity index (χ2v) is 6.15. The number of aromatic amines is 1. The number of nitro groups is 1. The Morgan fingerprint density at radius 1 is 1.15 bits per heavy atom. The fraction of sp³-hybridized carbons (Fsp3) is 0.167. The molecule has 0 aliphatic carbocycles. The number of carbonyl (C=O) groups excluding carboxylic acids is 1. The molecule has 3 aromatic rings. The Labute approximate surface area is 146 Å². The normalized spacial score (nSPS) is 13.7.